The van der Waals surface area contributed by atoms with E-state index in [0.717, 1.165) is 44.8 Å². The molecule has 0 unspecified atom stereocenters. The number of ether oxygens (including phenoxy) is 1. The van der Waals surface area contributed by atoms with Crippen molar-refractivity contribution >= 4 is 11.5 Å². The molecule has 130 valence electrons. The van der Waals surface area contributed by atoms with Gasteiger partial charge in [-0.1, -0.05) is 29.8 Å². The second-order valence-corrected chi connectivity index (χ2v) is 6.53. The predicted octanol–water partition coefficient (Wildman–Crippen LogP) is 2.06. The Morgan fingerprint density at radius 2 is 2.08 bits per heavy atom. The Hall–Kier alpha value is -2.54. The van der Waals surface area contributed by atoms with Gasteiger partial charge in [-0.2, -0.15) is 0 Å². The Balaban J connectivity index is 1.53. The van der Waals surface area contributed by atoms with Gasteiger partial charge >= 0.3 is 0 Å². The zero-order chi connectivity index (χ0) is 17.1. The van der Waals surface area contributed by atoms with Crippen LogP contribution >= 0.6 is 0 Å². The molecule has 1 aliphatic heterocycles. The van der Waals surface area contributed by atoms with Gasteiger partial charge in [0, 0.05) is 19.7 Å². The summed E-state index contributed by atoms with van der Waals surface area (Å²) >= 11 is 0. The molecule has 3 aromatic rings. The van der Waals surface area contributed by atoms with Crippen molar-refractivity contribution in [3.05, 3.63) is 47.5 Å². The summed E-state index contributed by atoms with van der Waals surface area (Å²) in [6, 6.07) is 12.6. The second kappa shape index (κ2) is 7.14. The lowest BCUT2D eigenvalue weighted by Crippen LogP contribution is -2.34. The monoisotopic (exact) mass is 338 g/mol. The van der Waals surface area contributed by atoms with Crippen molar-refractivity contribution in [1.82, 2.24) is 25.3 Å². The summed E-state index contributed by atoms with van der Waals surface area (Å²) in [5.41, 5.74) is 3.26. The number of aromatic nitrogens is 5. The lowest BCUT2D eigenvalue weighted by Gasteiger charge is -2.26. The molecule has 0 radical (unpaired) electrons. The van der Waals surface area contributed by atoms with Crippen LogP contribution in [0.5, 0.6) is 0 Å². The standard InChI is InChI=1S/C18H22N6O/c1-14-4-6-15(7-5-14)10-11-23(13-16-3-2-12-25-16)18-9-8-17-19-21-22-24(17)20-18/h4-9,16H,2-3,10-13H2,1H3/t16-/m1/s1. The smallest absolute Gasteiger partial charge is 0.200 e. The summed E-state index contributed by atoms with van der Waals surface area (Å²) in [6.07, 6.45) is 3.47. The fourth-order valence-corrected chi connectivity index (χ4v) is 3.16. The van der Waals surface area contributed by atoms with Crippen LogP contribution in [-0.4, -0.2) is 51.1 Å². The normalized spacial score (nSPS) is 17.2. The fourth-order valence-electron chi connectivity index (χ4n) is 3.16. The van der Waals surface area contributed by atoms with E-state index in [4.69, 9.17) is 4.74 Å². The Bertz CT molecular complexity index is 825. The van der Waals surface area contributed by atoms with Crippen molar-refractivity contribution in [3.63, 3.8) is 0 Å². The molecular formula is C18H22N6O. The maximum absolute atomic E-state index is 5.83. The lowest BCUT2D eigenvalue weighted by molar-refractivity contribution is 0.115. The van der Waals surface area contributed by atoms with E-state index in [-0.39, 0.29) is 6.10 Å². The Morgan fingerprint density at radius 1 is 1.20 bits per heavy atom. The maximum atomic E-state index is 5.83. The van der Waals surface area contributed by atoms with Crippen LogP contribution in [0, 0.1) is 6.92 Å². The molecule has 0 bridgehead atoms. The number of anilines is 1. The summed E-state index contributed by atoms with van der Waals surface area (Å²) in [7, 11) is 0. The minimum atomic E-state index is 0.268. The van der Waals surface area contributed by atoms with Crippen LogP contribution in [0.15, 0.2) is 36.4 Å². The van der Waals surface area contributed by atoms with Crippen LogP contribution < -0.4 is 4.90 Å². The van der Waals surface area contributed by atoms with Gasteiger partial charge in [0.15, 0.2) is 11.5 Å². The van der Waals surface area contributed by atoms with Crippen molar-refractivity contribution in [2.45, 2.75) is 32.3 Å². The topological polar surface area (TPSA) is 68.4 Å². The highest BCUT2D eigenvalue weighted by Crippen LogP contribution is 2.18. The Kier molecular flexibility index (Phi) is 4.56. The van der Waals surface area contributed by atoms with E-state index >= 15 is 0 Å². The minimum Gasteiger partial charge on any atom is -0.376 e. The van der Waals surface area contributed by atoms with Crippen molar-refractivity contribution in [2.24, 2.45) is 0 Å². The second-order valence-electron chi connectivity index (χ2n) is 6.53. The van der Waals surface area contributed by atoms with Crippen LogP contribution in [0.25, 0.3) is 5.65 Å². The summed E-state index contributed by atoms with van der Waals surface area (Å²) in [5, 5.41) is 16.0. The summed E-state index contributed by atoms with van der Waals surface area (Å²) < 4.78 is 7.30. The van der Waals surface area contributed by atoms with Crippen molar-refractivity contribution in [1.29, 1.82) is 0 Å². The highest BCUT2D eigenvalue weighted by molar-refractivity contribution is 5.44. The minimum absolute atomic E-state index is 0.268. The van der Waals surface area contributed by atoms with Gasteiger partial charge in [-0.05, 0) is 54.3 Å². The molecule has 3 heterocycles. The van der Waals surface area contributed by atoms with Crippen molar-refractivity contribution < 1.29 is 4.74 Å². The van der Waals surface area contributed by atoms with E-state index in [1.165, 1.54) is 15.8 Å². The number of fused-ring (bicyclic) bond motifs is 1. The van der Waals surface area contributed by atoms with E-state index in [2.05, 4.69) is 56.7 Å². The summed E-state index contributed by atoms with van der Waals surface area (Å²) in [4.78, 5) is 2.27. The number of benzene rings is 1. The molecule has 7 heteroatoms. The predicted molar refractivity (Wildman–Crippen MR) is 94.6 cm³/mol. The molecule has 0 N–H and O–H groups in total. The molecule has 25 heavy (non-hydrogen) atoms. The first-order chi connectivity index (χ1) is 12.3. The third kappa shape index (κ3) is 3.76. The van der Waals surface area contributed by atoms with Gasteiger partial charge in [-0.3, -0.25) is 0 Å². The van der Waals surface area contributed by atoms with Crippen LogP contribution in [-0.2, 0) is 11.2 Å². The van der Waals surface area contributed by atoms with Gasteiger partial charge in [0.25, 0.3) is 0 Å². The van der Waals surface area contributed by atoms with Gasteiger partial charge < -0.3 is 9.64 Å². The SMILES string of the molecule is Cc1ccc(CCN(C[C@H]2CCCO2)c2ccc3nnnn3n2)cc1. The highest BCUT2D eigenvalue weighted by Gasteiger charge is 2.20. The first-order valence-electron chi connectivity index (χ1n) is 8.75. The lowest BCUT2D eigenvalue weighted by atomic mass is 10.1. The molecule has 2 aromatic heterocycles. The van der Waals surface area contributed by atoms with Gasteiger partial charge in [-0.25, -0.2) is 0 Å². The van der Waals surface area contributed by atoms with Crippen LogP contribution in [0.3, 0.4) is 0 Å². The molecule has 0 amide bonds. The maximum Gasteiger partial charge on any atom is 0.200 e. The van der Waals surface area contributed by atoms with E-state index in [1.807, 2.05) is 12.1 Å². The molecule has 1 aromatic carbocycles. The van der Waals surface area contributed by atoms with Gasteiger partial charge in [0.2, 0.25) is 0 Å². The number of hydrogen-bond acceptors (Lipinski definition) is 6. The zero-order valence-electron chi connectivity index (χ0n) is 14.4. The molecule has 1 atom stereocenters. The van der Waals surface area contributed by atoms with Crippen LogP contribution in [0.1, 0.15) is 24.0 Å². The number of aryl methyl sites for hydroxylation is 1. The molecule has 0 saturated carbocycles. The first-order valence-corrected chi connectivity index (χ1v) is 8.75. The molecule has 1 aliphatic rings. The van der Waals surface area contributed by atoms with E-state index in [0.29, 0.717) is 5.65 Å². The van der Waals surface area contributed by atoms with Gasteiger partial charge in [-0.15, -0.1) is 14.8 Å². The average molecular weight is 338 g/mol. The third-order valence-corrected chi connectivity index (χ3v) is 4.62. The first kappa shape index (κ1) is 16.0. The van der Waals surface area contributed by atoms with E-state index < -0.39 is 0 Å². The molecule has 0 spiro atoms. The number of nitrogens with zero attached hydrogens (tertiary/aromatic N) is 6. The molecule has 1 fully saturated rings. The third-order valence-electron chi connectivity index (χ3n) is 4.62. The molecule has 4 rings (SSSR count). The van der Waals surface area contributed by atoms with Crippen LogP contribution in [0.4, 0.5) is 5.82 Å². The Morgan fingerprint density at radius 3 is 2.88 bits per heavy atom. The molecular weight excluding hydrogens is 316 g/mol. The largest absolute Gasteiger partial charge is 0.376 e. The van der Waals surface area contributed by atoms with Gasteiger partial charge in [0.05, 0.1) is 6.10 Å². The van der Waals surface area contributed by atoms with Crippen LogP contribution in [0.2, 0.25) is 0 Å². The average Bonchev–Trinajstić information content (AvgIpc) is 3.30. The van der Waals surface area contributed by atoms with E-state index in [1.54, 1.807) is 0 Å². The number of rotatable bonds is 6. The van der Waals surface area contributed by atoms with E-state index in [9.17, 15) is 0 Å². The van der Waals surface area contributed by atoms with Crippen molar-refractivity contribution in [2.75, 3.05) is 24.6 Å². The fraction of sp³-hybridized carbons (Fsp3) is 0.444. The zero-order valence-corrected chi connectivity index (χ0v) is 14.4. The summed E-state index contributed by atoms with van der Waals surface area (Å²) in [6.45, 7) is 4.69. The highest BCUT2D eigenvalue weighted by atomic mass is 16.5. The molecule has 7 nitrogen and oxygen atoms in total. The van der Waals surface area contributed by atoms with Crippen molar-refractivity contribution in [3.8, 4) is 0 Å². The molecule has 1 saturated heterocycles. The van der Waals surface area contributed by atoms with Gasteiger partial charge in [0.1, 0.15) is 0 Å². The molecule has 0 aliphatic carbocycles. The quantitative estimate of drug-likeness (QED) is 0.685. The Labute approximate surface area is 146 Å². The summed E-state index contributed by atoms with van der Waals surface area (Å²) in [5.74, 6) is 0.877. The number of hydrogen-bond donors (Lipinski definition) is 0. The number of tetrazole rings is 1.